The summed E-state index contributed by atoms with van der Waals surface area (Å²) in [7, 11) is 0. The van der Waals surface area contributed by atoms with Crippen molar-refractivity contribution in [3.05, 3.63) is 29.0 Å². The van der Waals surface area contributed by atoms with Crippen molar-refractivity contribution < 1.29 is 18.8 Å². The van der Waals surface area contributed by atoms with Crippen LogP contribution in [-0.4, -0.2) is 17.8 Å². The van der Waals surface area contributed by atoms with Crippen LogP contribution in [0, 0.1) is 11.2 Å². The van der Waals surface area contributed by atoms with E-state index in [1.807, 2.05) is 5.32 Å². The van der Waals surface area contributed by atoms with Gasteiger partial charge in [0.05, 0.1) is 5.69 Å². The minimum absolute atomic E-state index is 0.0203. The molecule has 0 aliphatic carbocycles. The van der Waals surface area contributed by atoms with E-state index < -0.39 is 29.1 Å². The van der Waals surface area contributed by atoms with E-state index in [-0.39, 0.29) is 10.7 Å². The molecule has 0 saturated carbocycles. The first kappa shape index (κ1) is 13.5. The van der Waals surface area contributed by atoms with Crippen molar-refractivity contribution in [2.45, 2.75) is 13.8 Å². The number of halogens is 2. The normalized spacial score (nSPS) is 18.5. The monoisotopic (exact) mass is 284 g/mol. The maximum absolute atomic E-state index is 13.3. The molecule has 7 heteroatoms. The van der Waals surface area contributed by atoms with Gasteiger partial charge in [0.2, 0.25) is 11.8 Å². The smallest absolute Gasteiger partial charge is 0.276 e. The van der Waals surface area contributed by atoms with Crippen molar-refractivity contribution in [3.8, 4) is 0 Å². The highest BCUT2D eigenvalue weighted by Gasteiger charge is 2.47. The lowest BCUT2D eigenvalue weighted by Gasteiger charge is -2.34. The molecule has 0 unspecified atom stereocenters. The summed E-state index contributed by atoms with van der Waals surface area (Å²) in [6.07, 6.45) is 0. The molecule has 2 rings (SSSR count). The number of rotatable bonds is 1. The predicted octanol–water partition coefficient (Wildman–Crippen LogP) is 2.09. The number of hydrogen-bond donors (Lipinski definition) is 1. The van der Waals surface area contributed by atoms with Gasteiger partial charge < -0.3 is 0 Å². The summed E-state index contributed by atoms with van der Waals surface area (Å²) < 4.78 is 13.3. The van der Waals surface area contributed by atoms with Gasteiger partial charge in [0, 0.05) is 5.02 Å². The van der Waals surface area contributed by atoms with Crippen LogP contribution in [0.3, 0.4) is 0 Å². The van der Waals surface area contributed by atoms with Crippen molar-refractivity contribution in [1.29, 1.82) is 0 Å². The molecule has 0 atom stereocenters. The fraction of sp³-hybridized carbons (Fsp3) is 0.250. The van der Waals surface area contributed by atoms with Crippen molar-refractivity contribution in [2.75, 3.05) is 4.90 Å². The first-order valence-electron chi connectivity index (χ1n) is 5.39. The summed E-state index contributed by atoms with van der Waals surface area (Å²) in [6, 6.07) is 2.40. The lowest BCUT2D eigenvalue weighted by Crippen LogP contribution is -2.62. The summed E-state index contributed by atoms with van der Waals surface area (Å²) in [5.41, 5.74) is -1.43. The van der Waals surface area contributed by atoms with Crippen LogP contribution in [0.1, 0.15) is 13.8 Å². The van der Waals surface area contributed by atoms with E-state index >= 15 is 0 Å². The van der Waals surface area contributed by atoms with Crippen molar-refractivity contribution in [1.82, 2.24) is 5.32 Å². The largest absolute Gasteiger partial charge is 0.335 e. The Bertz CT molecular complexity index is 580. The SMILES string of the molecule is CC1(C)C(=O)NC(=O)N(c2cc(F)cc(Cl)c2)C1=O. The van der Waals surface area contributed by atoms with E-state index in [1.165, 1.54) is 19.9 Å². The Morgan fingerprint density at radius 2 is 1.84 bits per heavy atom. The van der Waals surface area contributed by atoms with Crippen LogP contribution in [0.15, 0.2) is 18.2 Å². The topological polar surface area (TPSA) is 66.5 Å². The minimum atomic E-state index is -1.41. The fourth-order valence-electron chi connectivity index (χ4n) is 1.68. The highest BCUT2D eigenvalue weighted by Crippen LogP contribution is 2.30. The predicted molar refractivity (Wildman–Crippen MR) is 66.2 cm³/mol. The van der Waals surface area contributed by atoms with E-state index in [4.69, 9.17) is 11.6 Å². The Balaban J connectivity index is 2.51. The number of hydrogen-bond acceptors (Lipinski definition) is 3. The van der Waals surface area contributed by atoms with Crippen LogP contribution < -0.4 is 10.2 Å². The highest BCUT2D eigenvalue weighted by molar-refractivity contribution is 6.32. The number of amides is 4. The zero-order valence-corrected chi connectivity index (χ0v) is 10.9. The van der Waals surface area contributed by atoms with Gasteiger partial charge in [-0.25, -0.2) is 14.1 Å². The van der Waals surface area contributed by atoms with Crippen LogP contribution in [0.4, 0.5) is 14.9 Å². The first-order valence-corrected chi connectivity index (χ1v) is 5.77. The Morgan fingerprint density at radius 1 is 1.21 bits per heavy atom. The minimum Gasteiger partial charge on any atom is -0.276 e. The number of carbonyl (C=O) groups is 3. The molecule has 0 aromatic heterocycles. The second-order valence-electron chi connectivity index (χ2n) is 4.65. The average Bonchev–Trinajstić information content (AvgIpc) is 2.25. The second-order valence-corrected chi connectivity index (χ2v) is 5.09. The van der Waals surface area contributed by atoms with Crippen LogP contribution in [-0.2, 0) is 9.59 Å². The number of barbiturate groups is 1. The lowest BCUT2D eigenvalue weighted by molar-refractivity contribution is -0.140. The van der Waals surface area contributed by atoms with Crippen molar-refractivity contribution in [2.24, 2.45) is 5.41 Å². The zero-order chi connectivity index (χ0) is 14.4. The molecule has 1 N–H and O–H groups in total. The summed E-state index contributed by atoms with van der Waals surface area (Å²) >= 11 is 5.69. The molecule has 100 valence electrons. The summed E-state index contributed by atoms with van der Waals surface area (Å²) in [4.78, 5) is 36.2. The zero-order valence-electron chi connectivity index (χ0n) is 10.2. The quantitative estimate of drug-likeness (QED) is 0.803. The molecule has 19 heavy (non-hydrogen) atoms. The van der Waals surface area contributed by atoms with E-state index in [0.717, 1.165) is 12.1 Å². The van der Waals surface area contributed by atoms with E-state index in [9.17, 15) is 18.8 Å². The molecule has 1 fully saturated rings. The molecular weight excluding hydrogens is 275 g/mol. The lowest BCUT2D eigenvalue weighted by atomic mass is 9.88. The number of anilines is 1. The third-order valence-corrected chi connectivity index (χ3v) is 3.05. The fourth-order valence-corrected chi connectivity index (χ4v) is 1.90. The Morgan fingerprint density at radius 3 is 2.42 bits per heavy atom. The summed E-state index contributed by atoms with van der Waals surface area (Å²) in [6.45, 7) is 2.76. The summed E-state index contributed by atoms with van der Waals surface area (Å²) in [5.74, 6) is -2.11. The van der Waals surface area contributed by atoms with Crippen LogP contribution in [0.2, 0.25) is 5.02 Å². The Hall–Kier alpha value is -1.95. The standard InChI is InChI=1S/C12H10ClFN2O3/c1-12(2)9(17)15-11(19)16(10(12)18)8-4-6(13)3-7(14)5-8/h3-5H,1-2H3,(H,15,17,19). The van der Waals surface area contributed by atoms with E-state index in [1.54, 1.807) is 0 Å². The van der Waals surface area contributed by atoms with Gasteiger partial charge in [0.15, 0.2) is 0 Å². The van der Waals surface area contributed by atoms with E-state index in [2.05, 4.69) is 0 Å². The number of nitrogens with zero attached hydrogens (tertiary/aromatic N) is 1. The third-order valence-electron chi connectivity index (χ3n) is 2.83. The molecule has 1 heterocycles. The summed E-state index contributed by atoms with van der Waals surface area (Å²) in [5, 5.41) is 2.10. The van der Waals surface area contributed by atoms with Gasteiger partial charge in [0.1, 0.15) is 11.2 Å². The number of imide groups is 2. The van der Waals surface area contributed by atoms with Crippen molar-refractivity contribution >= 4 is 35.1 Å². The number of benzene rings is 1. The maximum Gasteiger partial charge on any atom is 0.335 e. The molecule has 0 bridgehead atoms. The second kappa shape index (κ2) is 4.31. The van der Waals surface area contributed by atoms with Crippen LogP contribution in [0.5, 0.6) is 0 Å². The Kier molecular flexibility index (Phi) is 3.06. The van der Waals surface area contributed by atoms with Gasteiger partial charge in [-0.2, -0.15) is 0 Å². The highest BCUT2D eigenvalue weighted by atomic mass is 35.5. The van der Waals surface area contributed by atoms with Gasteiger partial charge in [-0.1, -0.05) is 11.6 Å². The third kappa shape index (κ3) is 2.19. The molecule has 5 nitrogen and oxygen atoms in total. The molecule has 1 aromatic carbocycles. The molecule has 1 aliphatic heterocycles. The molecule has 0 spiro atoms. The molecule has 1 saturated heterocycles. The number of carbonyl (C=O) groups excluding carboxylic acids is 3. The molecule has 4 amide bonds. The van der Waals surface area contributed by atoms with Gasteiger partial charge in [-0.15, -0.1) is 0 Å². The van der Waals surface area contributed by atoms with Crippen molar-refractivity contribution in [3.63, 3.8) is 0 Å². The average molecular weight is 285 g/mol. The maximum atomic E-state index is 13.3. The molecule has 1 aromatic rings. The number of urea groups is 1. The van der Waals surface area contributed by atoms with Gasteiger partial charge in [-0.05, 0) is 32.0 Å². The van der Waals surface area contributed by atoms with Gasteiger partial charge in [0.25, 0.3) is 0 Å². The first-order chi connectivity index (χ1) is 8.73. The van der Waals surface area contributed by atoms with Crippen LogP contribution in [0.25, 0.3) is 0 Å². The molecule has 1 aliphatic rings. The van der Waals surface area contributed by atoms with E-state index in [0.29, 0.717) is 4.90 Å². The van der Waals surface area contributed by atoms with Gasteiger partial charge in [-0.3, -0.25) is 14.9 Å². The number of nitrogens with one attached hydrogen (secondary N) is 1. The van der Waals surface area contributed by atoms with Gasteiger partial charge >= 0.3 is 6.03 Å². The van der Waals surface area contributed by atoms with Crippen LogP contribution >= 0.6 is 11.6 Å². The molecular formula is C12H10ClFN2O3. The molecule has 0 radical (unpaired) electrons. The Labute approximate surface area is 113 Å².